The topological polar surface area (TPSA) is 15.6 Å². The monoisotopic (exact) mass is 324 g/mol. The summed E-state index contributed by atoms with van der Waals surface area (Å²) in [6, 6.07) is 12.9. The minimum Gasteiger partial charge on any atom is -0.366 e. The highest BCUT2D eigenvalue weighted by Crippen LogP contribution is 2.43. The molecule has 1 aliphatic heterocycles. The van der Waals surface area contributed by atoms with E-state index in [2.05, 4.69) is 55.8 Å². The second kappa shape index (κ2) is 6.39. The first-order chi connectivity index (χ1) is 11.4. The molecule has 1 atom stereocenters. The molecule has 0 fully saturated rings. The summed E-state index contributed by atoms with van der Waals surface area (Å²) >= 11 is 0. The molecule has 2 aromatic carbocycles. The van der Waals surface area contributed by atoms with Crippen molar-refractivity contribution in [3.05, 3.63) is 59.4 Å². The normalized spacial score (nSPS) is 19.5. The number of aliphatic imine (C=N–C) groups is 1. The maximum Gasteiger partial charge on any atom is 0.125 e. The largest absolute Gasteiger partial charge is 0.366 e. The van der Waals surface area contributed by atoms with Crippen molar-refractivity contribution < 1.29 is 4.39 Å². The molecule has 0 aliphatic carbocycles. The van der Waals surface area contributed by atoms with Crippen LogP contribution in [0.4, 0.5) is 15.8 Å². The van der Waals surface area contributed by atoms with Gasteiger partial charge in [0.2, 0.25) is 0 Å². The summed E-state index contributed by atoms with van der Waals surface area (Å²) in [5.74, 6) is 0.254. The Labute approximate surface area is 144 Å². The Hall–Kier alpha value is -2.16. The maximum absolute atomic E-state index is 13.2. The molecule has 0 N–H and O–H groups in total. The van der Waals surface area contributed by atoms with Gasteiger partial charge in [0, 0.05) is 24.0 Å². The number of fused-ring (bicyclic) bond motifs is 1. The minimum atomic E-state index is -0.260. The molecule has 24 heavy (non-hydrogen) atoms. The van der Waals surface area contributed by atoms with Crippen LogP contribution in [0.2, 0.25) is 0 Å². The van der Waals surface area contributed by atoms with Gasteiger partial charge in [-0.05, 0) is 74.6 Å². The molecule has 1 unspecified atom stereocenters. The van der Waals surface area contributed by atoms with E-state index in [0.29, 0.717) is 11.6 Å². The number of benzene rings is 2. The molecule has 3 heteroatoms. The molecule has 0 saturated heterocycles. The molecular weight excluding hydrogens is 299 g/mol. The number of hydrogen-bond donors (Lipinski definition) is 0. The van der Waals surface area contributed by atoms with Gasteiger partial charge in [0.05, 0.1) is 5.69 Å². The third-order valence-electron chi connectivity index (χ3n) is 4.90. The van der Waals surface area contributed by atoms with Crippen molar-refractivity contribution in [2.75, 3.05) is 11.4 Å². The SMILES string of the molecule is CCN1c2ccc(C=Nc3cccc(F)c3)cc2C(C)CC1(C)C. The fourth-order valence-corrected chi connectivity index (χ4v) is 3.89. The van der Waals surface area contributed by atoms with Gasteiger partial charge in [-0.3, -0.25) is 4.99 Å². The lowest BCUT2D eigenvalue weighted by Crippen LogP contribution is -2.48. The Morgan fingerprint density at radius 2 is 2.04 bits per heavy atom. The van der Waals surface area contributed by atoms with E-state index in [1.807, 2.05) is 12.3 Å². The van der Waals surface area contributed by atoms with Gasteiger partial charge in [0.15, 0.2) is 0 Å². The molecule has 0 amide bonds. The predicted octanol–water partition coefficient (Wildman–Crippen LogP) is 5.69. The molecule has 0 radical (unpaired) electrons. The van der Waals surface area contributed by atoms with Crippen LogP contribution in [-0.2, 0) is 0 Å². The van der Waals surface area contributed by atoms with Gasteiger partial charge in [-0.15, -0.1) is 0 Å². The van der Waals surface area contributed by atoms with Gasteiger partial charge in [-0.1, -0.05) is 19.1 Å². The smallest absolute Gasteiger partial charge is 0.125 e. The highest BCUT2D eigenvalue weighted by molar-refractivity contribution is 5.83. The second-order valence-electron chi connectivity index (χ2n) is 7.22. The van der Waals surface area contributed by atoms with E-state index < -0.39 is 0 Å². The molecular formula is C21H25FN2. The lowest BCUT2D eigenvalue weighted by Gasteiger charge is -2.47. The van der Waals surface area contributed by atoms with Crippen LogP contribution in [0.3, 0.4) is 0 Å². The van der Waals surface area contributed by atoms with Crippen molar-refractivity contribution in [1.29, 1.82) is 0 Å². The molecule has 126 valence electrons. The van der Waals surface area contributed by atoms with Crippen molar-refractivity contribution in [2.45, 2.75) is 45.6 Å². The molecule has 0 saturated carbocycles. The van der Waals surface area contributed by atoms with Gasteiger partial charge >= 0.3 is 0 Å². The molecule has 0 bridgehead atoms. The number of anilines is 1. The van der Waals surface area contributed by atoms with E-state index in [0.717, 1.165) is 18.5 Å². The van der Waals surface area contributed by atoms with Crippen molar-refractivity contribution in [3.8, 4) is 0 Å². The van der Waals surface area contributed by atoms with Gasteiger partial charge in [-0.2, -0.15) is 0 Å². The van der Waals surface area contributed by atoms with Crippen LogP contribution in [0, 0.1) is 5.82 Å². The Bertz CT molecular complexity index is 764. The van der Waals surface area contributed by atoms with Crippen LogP contribution in [-0.4, -0.2) is 18.3 Å². The van der Waals surface area contributed by atoms with Gasteiger partial charge in [-0.25, -0.2) is 4.39 Å². The van der Waals surface area contributed by atoms with Crippen molar-refractivity contribution in [3.63, 3.8) is 0 Å². The van der Waals surface area contributed by atoms with Gasteiger partial charge in [0.1, 0.15) is 5.82 Å². The fourth-order valence-electron chi connectivity index (χ4n) is 3.89. The van der Waals surface area contributed by atoms with Crippen LogP contribution in [0.25, 0.3) is 0 Å². The highest BCUT2D eigenvalue weighted by Gasteiger charge is 2.35. The Balaban J connectivity index is 1.93. The van der Waals surface area contributed by atoms with Crippen LogP contribution in [0.15, 0.2) is 47.5 Å². The number of hydrogen-bond acceptors (Lipinski definition) is 2. The minimum absolute atomic E-state index is 0.179. The van der Waals surface area contributed by atoms with E-state index in [1.54, 1.807) is 6.07 Å². The lowest BCUT2D eigenvalue weighted by molar-refractivity contribution is 0.381. The van der Waals surface area contributed by atoms with E-state index in [4.69, 9.17) is 0 Å². The van der Waals surface area contributed by atoms with Crippen LogP contribution < -0.4 is 4.90 Å². The van der Waals surface area contributed by atoms with E-state index in [9.17, 15) is 4.39 Å². The molecule has 0 aromatic heterocycles. The quantitative estimate of drug-likeness (QED) is 0.662. The Morgan fingerprint density at radius 3 is 2.75 bits per heavy atom. The summed E-state index contributed by atoms with van der Waals surface area (Å²) in [5.41, 5.74) is 4.57. The summed E-state index contributed by atoms with van der Waals surface area (Å²) in [7, 11) is 0. The molecule has 2 aromatic rings. The van der Waals surface area contributed by atoms with Crippen LogP contribution >= 0.6 is 0 Å². The molecule has 1 heterocycles. The van der Waals surface area contributed by atoms with Crippen molar-refractivity contribution in [2.24, 2.45) is 4.99 Å². The van der Waals surface area contributed by atoms with Crippen LogP contribution in [0.5, 0.6) is 0 Å². The van der Waals surface area contributed by atoms with Crippen molar-refractivity contribution >= 4 is 17.6 Å². The Kier molecular flexibility index (Phi) is 4.44. The molecule has 0 spiro atoms. The number of nitrogens with zero attached hydrogens (tertiary/aromatic N) is 2. The van der Waals surface area contributed by atoms with Gasteiger partial charge < -0.3 is 4.90 Å². The second-order valence-corrected chi connectivity index (χ2v) is 7.22. The van der Waals surface area contributed by atoms with E-state index in [-0.39, 0.29) is 11.4 Å². The predicted molar refractivity (Wildman–Crippen MR) is 100 cm³/mol. The first-order valence-corrected chi connectivity index (χ1v) is 8.62. The standard InChI is InChI=1S/C21H25FN2/c1-5-24-20-10-9-16(11-19(20)15(2)13-21(24,3)4)14-23-18-8-6-7-17(22)12-18/h6-12,14-15H,5,13H2,1-4H3. The van der Waals surface area contributed by atoms with Crippen molar-refractivity contribution in [1.82, 2.24) is 0 Å². The fraction of sp³-hybridized carbons (Fsp3) is 0.381. The average Bonchev–Trinajstić information content (AvgIpc) is 2.53. The summed E-state index contributed by atoms with van der Waals surface area (Å²) in [4.78, 5) is 6.88. The zero-order valence-electron chi connectivity index (χ0n) is 14.9. The lowest BCUT2D eigenvalue weighted by atomic mass is 9.79. The number of rotatable bonds is 3. The van der Waals surface area contributed by atoms with Gasteiger partial charge in [0.25, 0.3) is 0 Å². The number of halogens is 1. The summed E-state index contributed by atoms with van der Waals surface area (Å²) in [6.45, 7) is 10.1. The third kappa shape index (κ3) is 3.21. The molecule has 1 aliphatic rings. The van der Waals surface area contributed by atoms with E-state index in [1.165, 1.54) is 23.4 Å². The first-order valence-electron chi connectivity index (χ1n) is 8.62. The third-order valence-corrected chi connectivity index (χ3v) is 4.90. The Morgan fingerprint density at radius 1 is 1.25 bits per heavy atom. The average molecular weight is 324 g/mol. The summed E-state index contributed by atoms with van der Waals surface area (Å²) in [6.07, 6.45) is 2.95. The first kappa shape index (κ1) is 16.7. The summed E-state index contributed by atoms with van der Waals surface area (Å²) in [5, 5.41) is 0. The molecule has 3 rings (SSSR count). The highest BCUT2D eigenvalue weighted by atomic mass is 19.1. The zero-order valence-corrected chi connectivity index (χ0v) is 14.9. The van der Waals surface area contributed by atoms with Crippen LogP contribution in [0.1, 0.15) is 51.2 Å². The van der Waals surface area contributed by atoms with E-state index >= 15 is 0 Å². The summed E-state index contributed by atoms with van der Waals surface area (Å²) < 4.78 is 13.2. The maximum atomic E-state index is 13.2. The molecule has 2 nitrogen and oxygen atoms in total. The zero-order chi connectivity index (χ0) is 17.3.